The van der Waals surface area contributed by atoms with Crippen LogP contribution in [0.2, 0.25) is 0 Å². The Balaban J connectivity index is 1.88. The lowest BCUT2D eigenvalue weighted by Crippen LogP contribution is -2.42. The molecule has 1 aliphatic rings. The number of carbonyl (C=O) groups is 2. The minimum absolute atomic E-state index is 0.163. The Morgan fingerprint density at radius 3 is 2.87 bits per heavy atom. The van der Waals surface area contributed by atoms with E-state index in [1.807, 2.05) is 0 Å². The van der Waals surface area contributed by atoms with Gasteiger partial charge in [0.05, 0.1) is 23.4 Å². The Bertz CT molecular complexity index is 744. The second kappa shape index (κ2) is 6.20. The Kier molecular flexibility index (Phi) is 4.10. The van der Waals surface area contributed by atoms with Gasteiger partial charge in [0.15, 0.2) is 0 Å². The Labute approximate surface area is 131 Å². The maximum Gasteiger partial charge on any atom is 0.308 e. The number of benzene rings is 1. The van der Waals surface area contributed by atoms with Gasteiger partial charge in [0.2, 0.25) is 0 Å². The van der Waals surface area contributed by atoms with Gasteiger partial charge in [-0.25, -0.2) is 4.39 Å². The van der Waals surface area contributed by atoms with Crippen LogP contribution in [0.4, 0.5) is 4.39 Å². The first-order valence-corrected chi connectivity index (χ1v) is 7.38. The average Bonchev–Trinajstić information content (AvgIpc) is 3.04. The highest BCUT2D eigenvalue weighted by Crippen LogP contribution is 2.26. The first-order valence-electron chi connectivity index (χ1n) is 7.38. The van der Waals surface area contributed by atoms with Crippen molar-refractivity contribution in [2.24, 2.45) is 5.92 Å². The fourth-order valence-corrected chi connectivity index (χ4v) is 2.85. The summed E-state index contributed by atoms with van der Waals surface area (Å²) in [4.78, 5) is 25.3. The van der Waals surface area contributed by atoms with E-state index in [4.69, 9.17) is 5.11 Å². The topological polar surface area (TPSA) is 86.3 Å². The number of carboxylic acids is 1. The van der Waals surface area contributed by atoms with Gasteiger partial charge in [0, 0.05) is 18.7 Å². The molecule has 2 heterocycles. The monoisotopic (exact) mass is 317 g/mol. The highest BCUT2D eigenvalue weighted by atomic mass is 19.1. The molecule has 1 atom stereocenters. The average molecular weight is 317 g/mol. The van der Waals surface area contributed by atoms with Gasteiger partial charge in [-0.15, -0.1) is 0 Å². The molecular formula is C16H16FN3O3. The minimum Gasteiger partial charge on any atom is -0.481 e. The Morgan fingerprint density at radius 2 is 2.13 bits per heavy atom. The van der Waals surface area contributed by atoms with E-state index in [1.54, 1.807) is 18.2 Å². The largest absolute Gasteiger partial charge is 0.481 e. The number of amides is 1. The molecule has 6 nitrogen and oxygen atoms in total. The van der Waals surface area contributed by atoms with Crippen LogP contribution in [-0.2, 0) is 4.79 Å². The number of rotatable bonds is 3. The lowest BCUT2D eigenvalue weighted by Gasteiger charge is -2.30. The van der Waals surface area contributed by atoms with Crippen molar-refractivity contribution in [3.05, 3.63) is 41.8 Å². The van der Waals surface area contributed by atoms with Crippen molar-refractivity contribution >= 4 is 11.9 Å². The number of aliphatic carboxylic acids is 1. The van der Waals surface area contributed by atoms with E-state index in [2.05, 4.69) is 10.2 Å². The number of H-pyrrole nitrogens is 1. The normalized spacial score (nSPS) is 18.0. The van der Waals surface area contributed by atoms with Crippen molar-refractivity contribution in [1.82, 2.24) is 15.1 Å². The maximum atomic E-state index is 14.0. The number of carbonyl (C=O) groups excluding carboxylic acids is 1. The molecule has 1 saturated heterocycles. The predicted octanol–water partition coefficient (Wildman–Crippen LogP) is 2.15. The van der Waals surface area contributed by atoms with Gasteiger partial charge in [0.1, 0.15) is 5.82 Å². The molecule has 120 valence electrons. The number of nitrogens with zero attached hydrogens (tertiary/aromatic N) is 2. The molecule has 0 radical (unpaired) electrons. The van der Waals surface area contributed by atoms with Gasteiger partial charge < -0.3 is 10.0 Å². The van der Waals surface area contributed by atoms with Crippen molar-refractivity contribution < 1.29 is 19.1 Å². The fourth-order valence-electron chi connectivity index (χ4n) is 2.85. The zero-order valence-electron chi connectivity index (χ0n) is 12.3. The van der Waals surface area contributed by atoms with E-state index in [9.17, 15) is 14.0 Å². The number of aromatic nitrogens is 2. The van der Waals surface area contributed by atoms with Gasteiger partial charge >= 0.3 is 5.97 Å². The zero-order valence-corrected chi connectivity index (χ0v) is 12.3. The van der Waals surface area contributed by atoms with Crippen LogP contribution >= 0.6 is 0 Å². The van der Waals surface area contributed by atoms with E-state index in [0.29, 0.717) is 25.1 Å². The molecule has 1 aromatic heterocycles. The standard InChI is InChI=1S/C16H16FN3O3/c17-13-6-2-1-5-11(13)14-12(8-18-19-14)15(21)20-7-3-4-10(9-20)16(22)23/h1-2,5-6,8,10H,3-4,7,9H2,(H,18,19)(H,22,23). The SMILES string of the molecule is O=C(O)C1CCCN(C(=O)c2cn[nH]c2-c2ccccc2F)C1. The smallest absolute Gasteiger partial charge is 0.308 e. The van der Waals surface area contributed by atoms with Crippen LogP contribution in [0.1, 0.15) is 23.2 Å². The molecule has 1 aromatic carbocycles. The summed E-state index contributed by atoms with van der Waals surface area (Å²) in [5, 5.41) is 15.6. The van der Waals surface area contributed by atoms with E-state index < -0.39 is 17.7 Å². The number of hydrogen-bond acceptors (Lipinski definition) is 3. The van der Waals surface area contributed by atoms with Crippen LogP contribution in [0.15, 0.2) is 30.5 Å². The van der Waals surface area contributed by atoms with Crippen LogP contribution in [0, 0.1) is 11.7 Å². The van der Waals surface area contributed by atoms with Gasteiger partial charge in [-0.05, 0) is 25.0 Å². The lowest BCUT2D eigenvalue weighted by atomic mass is 9.97. The maximum absolute atomic E-state index is 14.0. The number of nitrogens with one attached hydrogen (secondary N) is 1. The Morgan fingerprint density at radius 1 is 1.35 bits per heavy atom. The first-order chi connectivity index (χ1) is 11.1. The molecule has 0 saturated carbocycles. The van der Waals surface area contributed by atoms with Crippen molar-refractivity contribution in [3.8, 4) is 11.3 Å². The lowest BCUT2D eigenvalue weighted by molar-refractivity contribution is -0.143. The zero-order chi connectivity index (χ0) is 16.4. The number of likely N-dealkylation sites (tertiary alicyclic amines) is 1. The molecule has 1 fully saturated rings. The molecule has 0 spiro atoms. The van der Waals surface area contributed by atoms with Gasteiger partial charge in [0.25, 0.3) is 5.91 Å². The Hall–Kier alpha value is -2.70. The molecule has 0 bridgehead atoms. The van der Waals surface area contributed by atoms with Gasteiger partial charge in [-0.2, -0.15) is 5.10 Å². The number of halogens is 1. The molecule has 2 aromatic rings. The third-order valence-corrected chi connectivity index (χ3v) is 4.07. The molecule has 1 amide bonds. The van der Waals surface area contributed by atoms with Crippen LogP contribution in [0.5, 0.6) is 0 Å². The summed E-state index contributed by atoms with van der Waals surface area (Å²) in [5.74, 6) is -2.24. The number of hydrogen-bond donors (Lipinski definition) is 2. The van der Waals surface area contributed by atoms with E-state index in [-0.39, 0.29) is 23.6 Å². The fraction of sp³-hybridized carbons (Fsp3) is 0.312. The summed E-state index contributed by atoms with van der Waals surface area (Å²) in [6.07, 6.45) is 2.55. The number of aromatic amines is 1. The second-order valence-electron chi connectivity index (χ2n) is 5.57. The van der Waals surface area contributed by atoms with Crippen molar-refractivity contribution in [1.29, 1.82) is 0 Å². The summed E-state index contributed by atoms with van der Waals surface area (Å²) >= 11 is 0. The molecule has 1 unspecified atom stereocenters. The third kappa shape index (κ3) is 2.94. The van der Waals surface area contributed by atoms with Gasteiger partial charge in [-0.3, -0.25) is 14.7 Å². The van der Waals surface area contributed by atoms with E-state index >= 15 is 0 Å². The van der Waals surface area contributed by atoms with Crippen LogP contribution < -0.4 is 0 Å². The summed E-state index contributed by atoms with van der Waals surface area (Å²) in [7, 11) is 0. The van der Waals surface area contributed by atoms with E-state index in [0.717, 1.165) is 0 Å². The molecule has 0 aliphatic carbocycles. The molecule has 23 heavy (non-hydrogen) atoms. The van der Waals surface area contributed by atoms with Crippen LogP contribution in [0.3, 0.4) is 0 Å². The quantitative estimate of drug-likeness (QED) is 0.908. The predicted molar refractivity (Wildman–Crippen MR) is 80.2 cm³/mol. The van der Waals surface area contributed by atoms with E-state index in [1.165, 1.54) is 17.2 Å². The summed E-state index contributed by atoms with van der Waals surface area (Å²) in [5.41, 5.74) is 0.826. The molecule has 1 aliphatic heterocycles. The highest BCUT2D eigenvalue weighted by molar-refractivity contribution is 6.00. The van der Waals surface area contributed by atoms with Crippen molar-refractivity contribution in [2.45, 2.75) is 12.8 Å². The van der Waals surface area contributed by atoms with Crippen molar-refractivity contribution in [2.75, 3.05) is 13.1 Å². The van der Waals surface area contributed by atoms with Crippen molar-refractivity contribution in [3.63, 3.8) is 0 Å². The number of carboxylic acid groups (broad SMARTS) is 1. The first kappa shape index (κ1) is 15.2. The summed E-state index contributed by atoms with van der Waals surface area (Å²) < 4.78 is 14.0. The summed E-state index contributed by atoms with van der Waals surface area (Å²) in [6.45, 7) is 0.653. The second-order valence-corrected chi connectivity index (χ2v) is 5.57. The molecule has 3 rings (SSSR count). The van der Waals surface area contributed by atoms with Gasteiger partial charge in [-0.1, -0.05) is 12.1 Å². The van der Waals surface area contributed by atoms with Crippen LogP contribution in [-0.4, -0.2) is 45.2 Å². The number of piperidine rings is 1. The third-order valence-electron chi connectivity index (χ3n) is 4.07. The molecular weight excluding hydrogens is 301 g/mol. The highest BCUT2D eigenvalue weighted by Gasteiger charge is 2.30. The summed E-state index contributed by atoms with van der Waals surface area (Å²) in [6, 6.07) is 6.12. The minimum atomic E-state index is -0.899. The molecule has 2 N–H and O–H groups in total. The molecule has 7 heteroatoms. The van der Waals surface area contributed by atoms with Crippen LogP contribution in [0.25, 0.3) is 11.3 Å².